The summed E-state index contributed by atoms with van der Waals surface area (Å²) in [5.41, 5.74) is 0.154. The summed E-state index contributed by atoms with van der Waals surface area (Å²) < 4.78 is 11.4. The average molecular weight is 590 g/mol. The van der Waals surface area contributed by atoms with Crippen LogP contribution in [0.2, 0.25) is 0 Å². The Balaban J connectivity index is 1.63. The van der Waals surface area contributed by atoms with Crippen molar-refractivity contribution in [3.63, 3.8) is 0 Å². The lowest BCUT2D eigenvalue weighted by Crippen LogP contribution is -2.43. The molecule has 0 bridgehead atoms. The highest BCUT2D eigenvalue weighted by atomic mass is 16.5. The van der Waals surface area contributed by atoms with Crippen LogP contribution in [0.25, 0.3) is 0 Å². The molecule has 43 heavy (non-hydrogen) atoms. The molecule has 1 fully saturated rings. The van der Waals surface area contributed by atoms with Crippen LogP contribution in [0.1, 0.15) is 54.5 Å². The molecule has 3 N–H and O–H groups in total. The van der Waals surface area contributed by atoms with E-state index in [1.165, 1.54) is 35.0 Å². The minimum Gasteiger partial charge on any atom is -0.460 e. The van der Waals surface area contributed by atoms with Crippen LogP contribution in [0, 0.1) is 12.8 Å². The Morgan fingerprint density at radius 3 is 2.58 bits per heavy atom. The van der Waals surface area contributed by atoms with Crippen LogP contribution in [-0.2, 0) is 25.5 Å². The molecule has 1 saturated heterocycles. The third-order valence-corrected chi connectivity index (χ3v) is 6.84. The van der Waals surface area contributed by atoms with Crippen molar-refractivity contribution < 1.29 is 28.4 Å². The van der Waals surface area contributed by atoms with Crippen LogP contribution in [0.15, 0.2) is 76.2 Å². The molecule has 226 valence electrons. The highest BCUT2D eigenvalue weighted by Crippen LogP contribution is 2.20. The third kappa shape index (κ3) is 8.51. The number of rotatable bonds is 12. The minimum absolute atomic E-state index is 0.00690. The van der Waals surface area contributed by atoms with E-state index < -0.39 is 35.4 Å². The number of esters is 1. The first kappa shape index (κ1) is 30.9. The van der Waals surface area contributed by atoms with E-state index in [1.54, 1.807) is 26.8 Å². The van der Waals surface area contributed by atoms with E-state index in [0.29, 0.717) is 18.7 Å². The highest BCUT2D eigenvalue weighted by molar-refractivity contribution is 6.02. The zero-order chi connectivity index (χ0) is 30.9. The van der Waals surface area contributed by atoms with Gasteiger partial charge in [0.05, 0.1) is 6.10 Å². The van der Waals surface area contributed by atoms with Crippen LogP contribution in [-0.4, -0.2) is 52.1 Å². The Bertz CT molecular complexity index is 1540. The number of benzene rings is 1. The zero-order valence-electron chi connectivity index (χ0n) is 24.2. The minimum atomic E-state index is -1.03. The summed E-state index contributed by atoms with van der Waals surface area (Å²) in [5.74, 6) is -1.76. The number of carbonyl (C=O) groups is 4. The fraction of sp³-hybridized carbons (Fsp3) is 0.355. The molecule has 0 aliphatic carbocycles. The molecular formula is C31H35N5O7. The summed E-state index contributed by atoms with van der Waals surface area (Å²) in [6.45, 7) is 5.62. The number of pyridine rings is 1. The molecule has 3 heterocycles. The normalized spacial score (nSPS) is 16.1. The summed E-state index contributed by atoms with van der Waals surface area (Å²) in [5, 5.41) is 11.9. The zero-order valence-corrected chi connectivity index (χ0v) is 24.2. The van der Waals surface area contributed by atoms with Crippen molar-refractivity contribution in [2.75, 3.05) is 11.9 Å². The predicted molar refractivity (Wildman–Crippen MR) is 157 cm³/mol. The van der Waals surface area contributed by atoms with Gasteiger partial charge in [0.2, 0.25) is 11.8 Å². The predicted octanol–water partition coefficient (Wildman–Crippen LogP) is 2.70. The second-order valence-electron chi connectivity index (χ2n) is 10.6. The number of nitrogens with zero attached hydrogens (tertiary/aromatic N) is 2. The first-order valence-corrected chi connectivity index (χ1v) is 14.1. The largest absolute Gasteiger partial charge is 0.460 e. The maximum absolute atomic E-state index is 13.9. The van der Waals surface area contributed by atoms with Crippen molar-refractivity contribution in [3.8, 4) is 0 Å². The fourth-order valence-electron chi connectivity index (χ4n) is 4.77. The molecule has 12 heteroatoms. The molecule has 1 aliphatic rings. The molecule has 2 aromatic heterocycles. The van der Waals surface area contributed by atoms with Crippen LogP contribution in [0.3, 0.4) is 0 Å². The van der Waals surface area contributed by atoms with E-state index in [2.05, 4.69) is 21.1 Å². The molecule has 1 aromatic carbocycles. The second kappa shape index (κ2) is 14.3. The van der Waals surface area contributed by atoms with E-state index >= 15 is 0 Å². The van der Waals surface area contributed by atoms with Gasteiger partial charge < -0.3 is 29.8 Å². The van der Waals surface area contributed by atoms with Gasteiger partial charge >= 0.3 is 5.97 Å². The van der Waals surface area contributed by atoms with Crippen molar-refractivity contribution in [3.05, 3.63) is 94.3 Å². The molecule has 0 unspecified atom stereocenters. The smallest absolute Gasteiger partial charge is 0.330 e. The van der Waals surface area contributed by atoms with Crippen molar-refractivity contribution in [2.24, 2.45) is 5.92 Å². The van der Waals surface area contributed by atoms with Gasteiger partial charge in [-0.05, 0) is 51.3 Å². The van der Waals surface area contributed by atoms with E-state index in [-0.39, 0.29) is 42.2 Å². The number of aryl methyl sites for hydroxylation is 1. The molecule has 0 radical (unpaired) electrons. The Labute approximate surface area is 248 Å². The molecule has 3 amide bonds. The molecule has 3 atom stereocenters. The summed E-state index contributed by atoms with van der Waals surface area (Å²) in [7, 11) is 0. The van der Waals surface area contributed by atoms with Gasteiger partial charge in [0.25, 0.3) is 11.5 Å². The average Bonchev–Trinajstić information content (AvgIpc) is 3.59. The number of hydrogen-bond donors (Lipinski definition) is 3. The van der Waals surface area contributed by atoms with Gasteiger partial charge in [0.1, 0.15) is 17.5 Å². The Hall–Kier alpha value is -5.00. The van der Waals surface area contributed by atoms with Gasteiger partial charge in [0.15, 0.2) is 5.69 Å². The van der Waals surface area contributed by atoms with Gasteiger partial charge in [-0.3, -0.25) is 19.2 Å². The number of anilines is 1. The van der Waals surface area contributed by atoms with Crippen molar-refractivity contribution in [1.82, 2.24) is 20.4 Å². The molecule has 12 nitrogen and oxygen atoms in total. The Morgan fingerprint density at radius 2 is 1.93 bits per heavy atom. The van der Waals surface area contributed by atoms with Crippen molar-refractivity contribution in [2.45, 2.75) is 58.2 Å². The number of nitrogens with one attached hydrogen (secondary N) is 3. The van der Waals surface area contributed by atoms with E-state index in [1.807, 2.05) is 30.3 Å². The number of ether oxygens (including phenoxy) is 1. The van der Waals surface area contributed by atoms with Gasteiger partial charge in [-0.2, -0.15) is 0 Å². The van der Waals surface area contributed by atoms with Crippen LogP contribution >= 0.6 is 0 Å². The van der Waals surface area contributed by atoms with E-state index in [9.17, 15) is 24.0 Å². The van der Waals surface area contributed by atoms with Gasteiger partial charge in [0, 0.05) is 43.3 Å². The number of amides is 3. The first-order chi connectivity index (χ1) is 20.6. The Morgan fingerprint density at radius 1 is 1.16 bits per heavy atom. The highest BCUT2D eigenvalue weighted by Gasteiger charge is 2.30. The number of carbonyl (C=O) groups excluding carboxylic acids is 4. The second-order valence-corrected chi connectivity index (χ2v) is 10.6. The summed E-state index contributed by atoms with van der Waals surface area (Å²) in [4.78, 5) is 64.7. The molecular weight excluding hydrogens is 554 g/mol. The summed E-state index contributed by atoms with van der Waals surface area (Å²) >= 11 is 0. The molecule has 0 saturated carbocycles. The van der Waals surface area contributed by atoms with Gasteiger partial charge in [-0.15, -0.1) is 0 Å². The summed E-state index contributed by atoms with van der Waals surface area (Å²) in [6.07, 6.45) is 4.89. The van der Waals surface area contributed by atoms with E-state index in [4.69, 9.17) is 9.26 Å². The maximum Gasteiger partial charge on any atom is 0.330 e. The fourth-order valence-corrected chi connectivity index (χ4v) is 4.77. The van der Waals surface area contributed by atoms with Crippen LogP contribution in [0.5, 0.6) is 0 Å². The maximum atomic E-state index is 13.9. The lowest BCUT2D eigenvalue weighted by Gasteiger charge is -2.24. The lowest BCUT2D eigenvalue weighted by molar-refractivity contribution is -0.141. The van der Waals surface area contributed by atoms with Crippen molar-refractivity contribution in [1.29, 1.82) is 0 Å². The van der Waals surface area contributed by atoms with Gasteiger partial charge in [-0.1, -0.05) is 41.6 Å². The number of aromatic nitrogens is 2. The van der Waals surface area contributed by atoms with Gasteiger partial charge in [-0.25, -0.2) is 4.79 Å². The number of hydrogen-bond acceptors (Lipinski definition) is 8. The Kier molecular flexibility index (Phi) is 10.3. The standard InChI is InChI=1S/C31H35N5O7/c1-19(2)42-27(37)12-11-23(18-22-13-14-32-28(22)38)33-30(40)26(17-21-8-5-4-6-9-21)36-15-7-10-24(31(36)41)34-29(39)25-16-20(3)43-35-25/h4-12,15-16,19,22-23,26H,13-14,17-18H2,1-3H3,(H,32,38)(H,33,40)(H,34,39)/b12-11+/t22-,23+,26-/m0/s1. The molecule has 1 aliphatic heterocycles. The first-order valence-electron chi connectivity index (χ1n) is 14.1. The summed E-state index contributed by atoms with van der Waals surface area (Å²) in [6, 6.07) is 11.9. The molecule has 4 rings (SSSR count). The van der Waals surface area contributed by atoms with Crippen LogP contribution < -0.4 is 21.5 Å². The monoisotopic (exact) mass is 589 g/mol. The topological polar surface area (TPSA) is 162 Å². The molecule has 0 spiro atoms. The van der Waals surface area contributed by atoms with Crippen molar-refractivity contribution >= 4 is 29.4 Å². The molecule has 3 aromatic rings. The van der Waals surface area contributed by atoms with E-state index in [0.717, 1.165) is 5.56 Å². The SMILES string of the molecule is Cc1cc(C(=O)Nc2cccn([C@@H](Cc3ccccc3)C(=O)N[C@H](/C=C/C(=O)OC(C)C)C[C@@H]3CCNC3=O)c2=O)no1. The third-order valence-electron chi connectivity index (χ3n) is 6.84. The lowest BCUT2D eigenvalue weighted by atomic mass is 9.97. The quantitative estimate of drug-likeness (QED) is 0.215. The van der Waals surface area contributed by atoms with Crippen LogP contribution in [0.4, 0.5) is 5.69 Å².